The van der Waals surface area contributed by atoms with Gasteiger partial charge in [-0.05, 0) is 50.3 Å². The van der Waals surface area contributed by atoms with Gasteiger partial charge in [-0.25, -0.2) is 0 Å². The molecule has 1 amide bonds. The number of anilines is 2. The number of nitrogens with zero attached hydrogens (tertiary/aromatic N) is 1. The van der Waals surface area contributed by atoms with E-state index >= 15 is 0 Å². The Morgan fingerprint density at radius 2 is 2.36 bits per heavy atom. The van der Waals surface area contributed by atoms with E-state index in [4.69, 9.17) is 10.5 Å². The molecular weight excluding hydrogens is 278 g/mol. The quantitative estimate of drug-likeness (QED) is 0.831. The summed E-state index contributed by atoms with van der Waals surface area (Å²) < 4.78 is 5.56. The first kappa shape index (κ1) is 15.2. The number of benzene rings is 1. The topological polar surface area (TPSA) is 67.6 Å². The van der Waals surface area contributed by atoms with Crippen LogP contribution in [0.4, 0.5) is 11.4 Å². The number of nitrogens with one attached hydrogen (secondary N) is 1. The van der Waals surface area contributed by atoms with E-state index in [1.165, 1.54) is 5.56 Å². The molecule has 0 saturated carbocycles. The van der Waals surface area contributed by atoms with Crippen LogP contribution in [0.25, 0.3) is 0 Å². The van der Waals surface area contributed by atoms with Gasteiger partial charge >= 0.3 is 0 Å². The molecule has 5 heteroatoms. The lowest BCUT2D eigenvalue weighted by Crippen LogP contribution is -2.48. The van der Waals surface area contributed by atoms with Crippen LogP contribution in [0.3, 0.4) is 0 Å². The molecule has 0 spiro atoms. The van der Waals surface area contributed by atoms with Gasteiger partial charge in [0.2, 0.25) is 5.91 Å². The summed E-state index contributed by atoms with van der Waals surface area (Å²) in [7, 11) is 0. The van der Waals surface area contributed by atoms with E-state index in [0.717, 1.165) is 50.2 Å². The van der Waals surface area contributed by atoms with Gasteiger partial charge in [-0.3, -0.25) is 4.79 Å². The van der Waals surface area contributed by atoms with Gasteiger partial charge in [0, 0.05) is 31.1 Å². The molecule has 3 N–H and O–H groups in total. The lowest BCUT2D eigenvalue weighted by atomic mass is 9.98. The number of nitrogens with two attached hydrogens (primary N) is 1. The highest BCUT2D eigenvalue weighted by atomic mass is 16.5. The van der Waals surface area contributed by atoms with Crippen molar-refractivity contribution in [3.05, 3.63) is 23.8 Å². The molecule has 3 rings (SSSR count). The largest absolute Gasteiger partial charge is 0.398 e. The molecule has 1 saturated heterocycles. The van der Waals surface area contributed by atoms with Crippen LogP contribution in [0.1, 0.15) is 31.7 Å². The van der Waals surface area contributed by atoms with Crippen molar-refractivity contribution in [2.24, 2.45) is 0 Å². The minimum atomic E-state index is -0.192. The molecule has 0 radical (unpaired) electrons. The molecule has 5 nitrogen and oxygen atoms in total. The van der Waals surface area contributed by atoms with Crippen LogP contribution in [0, 0.1) is 0 Å². The predicted octanol–water partition coefficient (Wildman–Crippen LogP) is 1.71. The lowest BCUT2D eigenvalue weighted by molar-refractivity contribution is -0.122. The van der Waals surface area contributed by atoms with E-state index in [-0.39, 0.29) is 18.1 Å². The van der Waals surface area contributed by atoms with E-state index in [9.17, 15) is 4.79 Å². The highest BCUT2D eigenvalue weighted by Gasteiger charge is 2.27. The Morgan fingerprint density at radius 1 is 1.50 bits per heavy atom. The zero-order chi connectivity index (χ0) is 15.5. The first-order valence-electron chi connectivity index (χ1n) is 8.20. The molecule has 0 aromatic heterocycles. The average Bonchev–Trinajstić information content (AvgIpc) is 3.05. The Labute approximate surface area is 131 Å². The molecule has 120 valence electrons. The monoisotopic (exact) mass is 303 g/mol. The summed E-state index contributed by atoms with van der Waals surface area (Å²) in [6.45, 7) is 4.28. The van der Waals surface area contributed by atoms with Crippen LogP contribution in [0.2, 0.25) is 0 Å². The maximum absolute atomic E-state index is 12.5. The van der Waals surface area contributed by atoms with Crippen LogP contribution in [-0.4, -0.2) is 37.7 Å². The molecular formula is C17H25N3O2. The number of nitrogen functional groups attached to an aromatic ring is 1. The molecule has 2 heterocycles. The molecule has 1 aromatic rings. The smallest absolute Gasteiger partial charge is 0.242 e. The number of carbonyl (C=O) groups excluding carboxylic acids is 1. The first-order valence-corrected chi connectivity index (χ1v) is 8.20. The number of ether oxygens (including phenoxy) is 1. The van der Waals surface area contributed by atoms with Crippen molar-refractivity contribution in [3.63, 3.8) is 0 Å². The zero-order valence-electron chi connectivity index (χ0n) is 13.2. The predicted molar refractivity (Wildman–Crippen MR) is 88.0 cm³/mol. The van der Waals surface area contributed by atoms with Crippen LogP contribution in [-0.2, 0) is 16.0 Å². The second kappa shape index (κ2) is 6.57. The number of rotatable bonds is 4. The highest BCUT2D eigenvalue weighted by Crippen LogP contribution is 2.32. The summed E-state index contributed by atoms with van der Waals surface area (Å²) >= 11 is 0. The maximum Gasteiger partial charge on any atom is 0.242 e. The van der Waals surface area contributed by atoms with Crippen molar-refractivity contribution in [3.8, 4) is 0 Å². The van der Waals surface area contributed by atoms with Crippen LogP contribution in [0.5, 0.6) is 0 Å². The van der Waals surface area contributed by atoms with Crippen molar-refractivity contribution in [2.45, 2.75) is 44.8 Å². The third-order valence-corrected chi connectivity index (χ3v) is 4.70. The Hall–Kier alpha value is -1.75. The third kappa shape index (κ3) is 3.04. The molecule has 2 aliphatic heterocycles. The zero-order valence-corrected chi connectivity index (χ0v) is 13.2. The van der Waals surface area contributed by atoms with Crippen molar-refractivity contribution in [1.82, 2.24) is 5.32 Å². The normalized spacial score (nSPS) is 22.2. The van der Waals surface area contributed by atoms with Crippen molar-refractivity contribution >= 4 is 17.3 Å². The maximum atomic E-state index is 12.5. The molecule has 0 aliphatic carbocycles. The minimum absolute atomic E-state index is 0.0609. The van der Waals surface area contributed by atoms with E-state index in [2.05, 4.69) is 16.3 Å². The summed E-state index contributed by atoms with van der Waals surface area (Å²) in [5.74, 6) is 0.0609. The Balaban J connectivity index is 1.66. The summed E-state index contributed by atoms with van der Waals surface area (Å²) in [6.07, 6.45) is 4.33. The number of hydrogen-bond acceptors (Lipinski definition) is 4. The van der Waals surface area contributed by atoms with Gasteiger partial charge in [0.05, 0.1) is 6.10 Å². The number of hydrogen-bond donors (Lipinski definition) is 2. The fraction of sp³-hybridized carbons (Fsp3) is 0.588. The van der Waals surface area contributed by atoms with Crippen LogP contribution < -0.4 is 16.0 Å². The van der Waals surface area contributed by atoms with E-state index in [1.54, 1.807) is 0 Å². The van der Waals surface area contributed by atoms with E-state index < -0.39 is 0 Å². The molecule has 2 atom stereocenters. The molecule has 1 aromatic carbocycles. The van der Waals surface area contributed by atoms with Gasteiger partial charge in [-0.1, -0.05) is 6.07 Å². The Morgan fingerprint density at radius 3 is 3.14 bits per heavy atom. The summed E-state index contributed by atoms with van der Waals surface area (Å²) in [5, 5.41) is 3.03. The van der Waals surface area contributed by atoms with Crippen LogP contribution in [0.15, 0.2) is 18.2 Å². The van der Waals surface area contributed by atoms with Gasteiger partial charge in [0.15, 0.2) is 0 Å². The van der Waals surface area contributed by atoms with E-state index in [1.807, 2.05) is 19.1 Å². The second-order valence-electron chi connectivity index (χ2n) is 6.20. The van der Waals surface area contributed by atoms with Crippen molar-refractivity contribution in [1.29, 1.82) is 0 Å². The molecule has 2 aliphatic rings. The number of fused-ring (bicyclic) bond motifs is 1. The molecule has 0 bridgehead atoms. The Kier molecular flexibility index (Phi) is 4.52. The summed E-state index contributed by atoms with van der Waals surface area (Å²) in [4.78, 5) is 14.6. The average molecular weight is 303 g/mol. The van der Waals surface area contributed by atoms with Gasteiger partial charge in [-0.2, -0.15) is 0 Å². The fourth-order valence-corrected chi connectivity index (χ4v) is 3.39. The van der Waals surface area contributed by atoms with Crippen LogP contribution >= 0.6 is 0 Å². The SMILES string of the molecule is CC(C(=O)NCC1CCCO1)N1CCCc2c(N)cccc21. The second-order valence-corrected chi connectivity index (χ2v) is 6.20. The van der Waals surface area contributed by atoms with Gasteiger partial charge in [0.1, 0.15) is 6.04 Å². The van der Waals surface area contributed by atoms with E-state index in [0.29, 0.717) is 6.54 Å². The highest BCUT2D eigenvalue weighted by molar-refractivity contribution is 5.86. The first-order chi connectivity index (χ1) is 10.7. The fourth-order valence-electron chi connectivity index (χ4n) is 3.39. The van der Waals surface area contributed by atoms with Gasteiger partial charge < -0.3 is 20.7 Å². The number of carbonyl (C=O) groups is 1. The lowest BCUT2D eigenvalue weighted by Gasteiger charge is -2.36. The minimum Gasteiger partial charge on any atom is -0.398 e. The number of amides is 1. The standard InChI is InChI=1S/C17H25N3O2/c1-12(17(21)19-11-13-5-4-10-22-13)20-9-3-6-14-15(18)7-2-8-16(14)20/h2,7-8,12-13H,3-6,9-11,18H2,1H3,(H,19,21). The van der Waals surface area contributed by atoms with Gasteiger partial charge in [-0.15, -0.1) is 0 Å². The summed E-state index contributed by atoms with van der Waals surface area (Å²) in [6, 6.07) is 5.77. The third-order valence-electron chi connectivity index (χ3n) is 4.70. The summed E-state index contributed by atoms with van der Waals surface area (Å²) in [5.41, 5.74) is 9.18. The van der Waals surface area contributed by atoms with Crippen molar-refractivity contribution in [2.75, 3.05) is 30.3 Å². The molecule has 22 heavy (non-hydrogen) atoms. The molecule has 1 fully saturated rings. The molecule has 2 unspecified atom stereocenters. The Bertz CT molecular complexity index is 541. The van der Waals surface area contributed by atoms with Gasteiger partial charge in [0.25, 0.3) is 0 Å². The van der Waals surface area contributed by atoms with Crippen molar-refractivity contribution < 1.29 is 9.53 Å².